The third kappa shape index (κ3) is 3.98. The van der Waals surface area contributed by atoms with Gasteiger partial charge in [-0.15, -0.1) is 11.3 Å². The van der Waals surface area contributed by atoms with Crippen molar-refractivity contribution < 1.29 is 19.4 Å². The van der Waals surface area contributed by atoms with Crippen molar-refractivity contribution in [1.29, 1.82) is 0 Å². The minimum atomic E-state index is -0.662. The number of anilines is 1. The molecular formula is C26H25N3O4S. The molecule has 174 valence electrons. The molecule has 1 saturated heterocycles. The summed E-state index contributed by atoms with van der Waals surface area (Å²) in [7, 11) is 1.57. The summed E-state index contributed by atoms with van der Waals surface area (Å²) in [6.45, 7) is 0. The number of aromatic nitrogens is 2. The maximum absolute atomic E-state index is 13.3. The SMILES string of the molecule is COc1ccc(/C(O)=C2/C(=O)C(=O)N(c3nc(-c4ccncc4)cs3)C2C2CCCCC2)cc1. The quantitative estimate of drug-likeness (QED) is 0.315. The first kappa shape index (κ1) is 22.3. The lowest BCUT2D eigenvalue weighted by atomic mass is 9.80. The van der Waals surface area contributed by atoms with Gasteiger partial charge in [-0.2, -0.15) is 0 Å². The summed E-state index contributed by atoms with van der Waals surface area (Å²) in [4.78, 5) is 36.9. The first-order valence-electron chi connectivity index (χ1n) is 11.4. The molecule has 1 saturated carbocycles. The highest BCUT2D eigenvalue weighted by molar-refractivity contribution is 7.14. The number of aliphatic hydroxyl groups excluding tert-OH is 1. The number of aliphatic hydroxyl groups is 1. The number of pyridine rings is 1. The van der Waals surface area contributed by atoms with E-state index < -0.39 is 17.7 Å². The van der Waals surface area contributed by atoms with Gasteiger partial charge in [-0.25, -0.2) is 4.98 Å². The monoisotopic (exact) mass is 475 g/mol. The van der Waals surface area contributed by atoms with E-state index in [1.54, 1.807) is 43.8 Å². The molecule has 1 aromatic carbocycles. The maximum atomic E-state index is 13.3. The summed E-state index contributed by atoms with van der Waals surface area (Å²) in [6.07, 6.45) is 8.38. The number of ketones is 1. The molecule has 8 heteroatoms. The lowest BCUT2D eigenvalue weighted by Gasteiger charge is -2.32. The number of thiazole rings is 1. The number of ether oxygens (including phenoxy) is 1. The third-order valence-corrected chi connectivity index (χ3v) is 7.46. The van der Waals surface area contributed by atoms with Crippen LogP contribution in [0, 0.1) is 5.92 Å². The van der Waals surface area contributed by atoms with Crippen molar-refractivity contribution >= 4 is 33.9 Å². The van der Waals surface area contributed by atoms with Gasteiger partial charge in [0.25, 0.3) is 5.78 Å². The molecule has 1 atom stereocenters. The van der Waals surface area contributed by atoms with E-state index in [1.165, 1.54) is 16.2 Å². The minimum Gasteiger partial charge on any atom is -0.507 e. The molecule has 0 spiro atoms. The standard InChI is InChI=1S/C26H25N3O4S/c1-33-19-9-7-18(8-10-19)23(30)21-22(17-5-3-2-4-6-17)29(25(32)24(21)31)26-28-20(15-34-26)16-11-13-27-14-12-16/h7-15,17,22,30H,2-6H2,1H3/b23-21-. The predicted molar refractivity (Wildman–Crippen MR) is 131 cm³/mol. The van der Waals surface area contributed by atoms with E-state index in [4.69, 9.17) is 9.72 Å². The number of Topliss-reactive ketones (excluding diaryl/α,β-unsaturated/α-hetero) is 1. The number of hydrogen-bond donors (Lipinski definition) is 1. The van der Waals surface area contributed by atoms with Crippen LogP contribution in [0.2, 0.25) is 0 Å². The molecule has 1 N–H and O–H groups in total. The van der Waals surface area contributed by atoms with E-state index in [0.29, 0.717) is 16.4 Å². The largest absolute Gasteiger partial charge is 0.507 e. The second kappa shape index (κ2) is 9.38. The number of methoxy groups -OCH3 is 1. The van der Waals surface area contributed by atoms with Crippen molar-refractivity contribution in [3.63, 3.8) is 0 Å². The summed E-state index contributed by atoms with van der Waals surface area (Å²) in [6, 6.07) is 10.0. The molecule has 1 aliphatic carbocycles. The van der Waals surface area contributed by atoms with Gasteiger partial charge in [0, 0.05) is 28.9 Å². The Bertz CT molecular complexity index is 1230. The number of nitrogens with zero attached hydrogens (tertiary/aromatic N) is 3. The number of benzene rings is 1. The molecule has 1 amide bonds. The first-order valence-corrected chi connectivity index (χ1v) is 12.3. The summed E-state index contributed by atoms with van der Waals surface area (Å²) < 4.78 is 5.20. The molecule has 0 radical (unpaired) electrons. The Morgan fingerprint density at radius 2 is 1.76 bits per heavy atom. The Morgan fingerprint density at radius 3 is 2.44 bits per heavy atom. The van der Waals surface area contributed by atoms with Gasteiger partial charge in [0.15, 0.2) is 5.13 Å². The van der Waals surface area contributed by atoms with Gasteiger partial charge in [-0.05, 0) is 55.2 Å². The van der Waals surface area contributed by atoms with Crippen LogP contribution in [0.5, 0.6) is 5.75 Å². The highest BCUT2D eigenvalue weighted by Gasteiger charge is 2.50. The third-order valence-electron chi connectivity index (χ3n) is 6.62. The average Bonchev–Trinajstić information content (AvgIpc) is 3.48. The summed E-state index contributed by atoms with van der Waals surface area (Å²) in [5.74, 6) is -0.726. The highest BCUT2D eigenvalue weighted by atomic mass is 32.1. The van der Waals surface area contributed by atoms with Crippen molar-refractivity contribution in [2.24, 2.45) is 5.92 Å². The Morgan fingerprint density at radius 1 is 1.06 bits per heavy atom. The van der Waals surface area contributed by atoms with Crippen molar-refractivity contribution in [1.82, 2.24) is 9.97 Å². The molecule has 7 nitrogen and oxygen atoms in total. The molecule has 2 aliphatic rings. The number of carbonyl (C=O) groups is 2. The van der Waals surface area contributed by atoms with Crippen LogP contribution in [0.4, 0.5) is 5.13 Å². The van der Waals surface area contributed by atoms with Gasteiger partial charge in [-0.1, -0.05) is 19.3 Å². The van der Waals surface area contributed by atoms with Crippen LogP contribution in [0.15, 0.2) is 59.7 Å². The van der Waals surface area contributed by atoms with Gasteiger partial charge < -0.3 is 9.84 Å². The maximum Gasteiger partial charge on any atom is 0.301 e. The fourth-order valence-corrected chi connectivity index (χ4v) is 5.77. The Balaban J connectivity index is 1.59. The van der Waals surface area contributed by atoms with Crippen LogP contribution in [0.25, 0.3) is 17.0 Å². The van der Waals surface area contributed by atoms with Crippen molar-refractivity contribution in [2.45, 2.75) is 38.1 Å². The van der Waals surface area contributed by atoms with E-state index in [9.17, 15) is 14.7 Å². The van der Waals surface area contributed by atoms with Crippen LogP contribution >= 0.6 is 11.3 Å². The van der Waals surface area contributed by atoms with E-state index in [1.807, 2.05) is 17.5 Å². The first-order chi connectivity index (χ1) is 16.6. The van der Waals surface area contributed by atoms with Crippen molar-refractivity contribution in [2.75, 3.05) is 12.0 Å². The zero-order chi connectivity index (χ0) is 23.7. The van der Waals surface area contributed by atoms with Crippen LogP contribution in [0.3, 0.4) is 0 Å². The van der Waals surface area contributed by atoms with Crippen LogP contribution in [-0.2, 0) is 9.59 Å². The van der Waals surface area contributed by atoms with Gasteiger partial charge in [0.2, 0.25) is 0 Å². The molecule has 5 rings (SSSR count). The number of rotatable bonds is 5. The van der Waals surface area contributed by atoms with Crippen molar-refractivity contribution in [3.8, 4) is 17.0 Å². The van der Waals surface area contributed by atoms with Gasteiger partial charge >= 0.3 is 5.91 Å². The number of amides is 1. The molecule has 2 fully saturated rings. The fourth-order valence-electron chi connectivity index (χ4n) is 4.90. The van der Waals surface area contributed by atoms with Crippen molar-refractivity contribution in [3.05, 3.63) is 65.3 Å². The second-order valence-electron chi connectivity index (χ2n) is 8.59. The molecule has 34 heavy (non-hydrogen) atoms. The normalized spacial score (nSPS) is 20.6. The Kier molecular flexibility index (Phi) is 6.15. The smallest absolute Gasteiger partial charge is 0.301 e. The molecule has 3 heterocycles. The average molecular weight is 476 g/mol. The Hall–Kier alpha value is -3.52. The molecule has 1 unspecified atom stereocenters. The molecule has 0 bridgehead atoms. The summed E-state index contributed by atoms with van der Waals surface area (Å²) in [5, 5.41) is 13.6. The second-order valence-corrected chi connectivity index (χ2v) is 9.43. The Labute approximate surface area is 201 Å². The van der Waals surface area contributed by atoms with E-state index >= 15 is 0 Å². The van der Waals surface area contributed by atoms with Gasteiger partial charge in [0.1, 0.15) is 11.5 Å². The minimum absolute atomic E-state index is 0.0767. The number of carbonyl (C=O) groups excluding carboxylic acids is 2. The summed E-state index contributed by atoms with van der Waals surface area (Å²) in [5.41, 5.74) is 2.27. The fraction of sp³-hybridized carbons (Fsp3) is 0.308. The van der Waals surface area contributed by atoms with Crippen LogP contribution in [0.1, 0.15) is 37.7 Å². The molecule has 2 aromatic heterocycles. The van der Waals surface area contributed by atoms with Crippen LogP contribution < -0.4 is 9.64 Å². The summed E-state index contributed by atoms with van der Waals surface area (Å²) >= 11 is 1.33. The highest BCUT2D eigenvalue weighted by Crippen LogP contribution is 2.42. The van der Waals surface area contributed by atoms with E-state index in [0.717, 1.165) is 43.4 Å². The van der Waals surface area contributed by atoms with Gasteiger partial charge in [-0.3, -0.25) is 19.5 Å². The zero-order valence-electron chi connectivity index (χ0n) is 18.8. The van der Waals surface area contributed by atoms with Crippen LogP contribution in [-0.4, -0.2) is 39.9 Å². The topological polar surface area (TPSA) is 92.6 Å². The molecule has 3 aromatic rings. The lowest BCUT2D eigenvalue weighted by molar-refractivity contribution is -0.132. The van der Waals surface area contributed by atoms with E-state index in [-0.39, 0.29) is 17.3 Å². The van der Waals surface area contributed by atoms with E-state index in [2.05, 4.69) is 4.98 Å². The number of hydrogen-bond acceptors (Lipinski definition) is 7. The predicted octanol–water partition coefficient (Wildman–Crippen LogP) is 5.05. The molecule has 1 aliphatic heterocycles. The zero-order valence-corrected chi connectivity index (χ0v) is 19.6. The van der Waals surface area contributed by atoms with Gasteiger partial charge in [0.05, 0.1) is 24.4 Å². The molecular weight excluding hydrogens is 450 g/mol. The lowest BCUT2D eigenvalue weighted by Crippen LogP contribution is -2.40.